The molecule has 1 heterocycles. The van der Waals surface area contributed by atoms with Gasteiger partial charge in [0.05, 0.1) is 6.61 Å². The number of aliphatic hydroxyl groups is 1. The van der Waals surface area contributed by atoms with Crippen LogP contribution in [-0.2, 0) is 0 Å². The molecule has 2 atom stereocenters. The standard InChI is InChI=1S/C13H19ClN2O/c14-11-5-3-10(4-6-11)13(8-15)16-7-1-2-12(16)9-17/h3-6,12-13,17H,1-2,7-9,15H2. The monoisotopic (exact) mass is 254 g/mol. The molecule has 0 aromatic heterocycles. The summed E-state index contributed by atoms with van der Waals surface area (Å²) in [6, 6.07) is 8.26. The van der Waals surface area contributed by atoms with Crippen molar-refractivity contribution in [2.45, 2.75) is 24.9 Å². The van der Waals surface area contributed by atoms with E-state index in [9.17, 15) is 5.11 Å². The van der Waals surface area contributed by atoms with Gasteiger partial charge in [-0.15, -0.1) is 0 Å². The minimum absolute atomic E-state index is 0.187. The van der Waals surface area contributed by atoms with Gasteiger partial charge in [-0.3, -0.25) is 4.90 Å². The summed E-state index contributed by atoms with van der Waals surface area (Å²) in [6.07, 6.45) is 2.19. The van der Waals surface area contributed by atoms with Crippen LogP contribution in [0.5, 0.6) is 0 Å². The number of rotatable bonds is 4. The van der Waals surface area contributed by atoms with Gasteiger partial charge in [0.2, 0.25) is 0 Å². The maximum atomic E-state index is 9.37. The predicted molar refractivity (Wildman–Crippen MR) is 70.1 cm³/mol. The Hall–Kier alpha value is -0.610. The van der Waals surface area contributed by atoms with Crippen LogP contribution in [-0.4, -0.2) is 35.7 Å². The Morgan fingerprint density at radius 3 is 2.71 bits per heavy atom. The van der Waals surface area contributed by atoms with Crippen molar-refractivity contribution in [3.8, 4) is 0 Å². The van der Waals surface area contributed by atoms with Crippen LogP contribution in [0.25, 0.3) is 0 Å². The second-order valence-corrected chi connectivity index (χ2v) is 4.96. The van der Waals surface area contributed by atoms with Gasteiger partial charge in [0.1, 0.15) is 0 Å². The Labute approximate surface area is 107 Å². The topological polar surface area (TPSA) is 49.5 Å². The molecular weight excluding hydrogens is 236 g/mol. The molecule has 0 spiro atoms. The van der Waals surface area contributed by atoms with Crippen molar-refractivity contribution in [1.82, 2.24) is 4.90 Å². The van der Waals surface area contributed by atoms with Gasteiger partial charge in [-0.05, 0) is 37.1 Å². The molecule has 1 aliphatic heterocycles. The molecule has 1 fully saturated rings. The van der Waals surface area contributed by atoms with Crippen LogP contribution in [0.15, 0.2) is 24.3 Å². The largest absolute Gasteiger partial charge is 0.395 e. The first-order chi connectivity index (χ1) is 8.26. The molecule has 94 valence electrons. The first kappa shape index (κ1) is 12.8. The molecule has 3 nitrogen and oxygen atoms in total. The molecule has 3 N–H and O–H groups in total. The highest BCUT2D eigenvalue weighted by molar-refractivity contribution is 6.30. The lowest BCUT2D eigenvalue weighted by Gasteiger charge is -2.31. The number of aliphatic hydroxyl groups excluding tert-OH is 1. The third-order valence-electron chi connectivity index (χ3n) is 3.51. The average Bonchev–Trinajstić information content (AvgIpc) is 2.81. The molecule has 0 amide bonds. The molecule has 0 radical (unpaired) electrons. The van der Waals surface area contributed by atoms with Crippen molar-refractivity contribution < 1.29 is 5.11 Å². The lowest BCUT2D eigenvalue weighted by Crippen LogP contribution is -2.39. The average molecular weight is 255 g/mol. The van der Waals surface area contributed by atoms with E-state index in [1.165, 1.54) is 5.56 Å². The summed E-state index contributed by atoms with van der Waals surface area (Å²) < 4.78 is 0. The molecular formula is C13H19ClN2O. The van der Waals surface area contributed by atoms with Crippen molar-refractivity contribution >= 4 is 11.6 Å². The van der Waals surface area contributed by atoms with E-state index in [1.807, 2.05) is 24.3 Å². The van der Waals surface area contributed by atoms with Crippen molar-refractivity contribution in [1.29, 1.82) is 0 Å². The normalized spacial score (nSPS) is 22.9. The molecule has 0 saturated carbocycles. The molecule has 2 unspecified atom stereocenters. The van der Waals surface area contributed by atoms with Gasteiger partial charge >= 0.3 is 0 Å². The van der Waals surface area contributed by atoms with Crippen LogP contribution in [0.1, 0.15) is 24.4 Å². The second-order valence-electron chi connectivity index (χ2n) is 4.52. The van der Waals surface area contributed by atoms with E-state index in [2.05, 4.69) is 4.90 Å². The van der Waals surface area contributed by atoms with Crippen LogP contribution in [0.2, 0.25) is 5.02 Å². The van der Waals surface area contributed by atoms with E-state index in [0.29, 0.717) is 6.54 Å². The predicted octanol–water partition coefficient (Wildman–Crippen LogP) is 1.80. The van der Waals surface area contributed by atoms with E-state index in [-0.39, 0.29) is 18.7 Å². The summed E-state index contributed by atoms with van der Waals surface area (Å²) in [6.45, 7) is 1.79. The first-order valence-electron chi connectivity index (χ1n) is 6.08. The number of hydrogen-bond donors (Lipinski definition) is 2. The second kappa shape index (κ2) is 5.83. The SMILES string of the molecule is NCC(c1ccc(Cl)cc1)N1CCCC1CO. The van der Waals surface area contributed by atoms with Gasteiger partial charge < -0.3 is 10.8 Å². The molecule has 1 aromatic carbocycles. The number of halogens is 1. The number of benzene rings is 1. The minimum atomic E-state index is 0.187. The summed E-state index contributed by atoms with van der Waals surface area (Å²) in [5.74, 6) is 0. The number of nitrogens with two attached hydrogens (primary N) is 1. The van der Waals surface area contributed by atoms with Gasteiger partial charge in [0.15, 0.2) is 0 Å². The van der Waals surface area contributed by atoms with Crippen molar-refractivity contribution in [2.75, 3.05) is 19.7 Å². The first-order valence-corrected chi connectivity index (χ1v) is 6.46. The molecule has 1 aliphatic rings. The fraction of sp³-hybridized carbons (Fsp3) is 0.538. The highest BCUT2D eigenvalue weighted by atomic mass is 35.5. The van der Waals surface area contributed by atoms with Gasteiger partial charge in [0.25, 0.3) is 0 Å². The highest BCUT2D eigenvalue weighted by Crippen LogP contribution is 2.29. The van der Waals surface area contributed by atoms with E-state index >= 15 is 0 Å². The van der Waals surface area contributed by atoms with Gasteiger partial charge in [-0.25, -0.2) is 0 Å². The van der Waals surface area contributed by atoms with Crippen molar-refractivity contribution in [3.63, 3.8) is 0 Å². The van der Waals surface area contributed by atoms with E-state index in [1.54, 1.807) is 0 Å². The van der Waals surface area contributed by atoms with Crippen molar-refractivity contribution in [2.24, 2.45) is 5.73 Å². The van der Waals surface area contributed by atoms with Crippen LogP contribution in [0.3, 0.4) is 0 Å². The zero-order chi connectivity index (χ0) is 12.3. The zero-order valence-corrected chi connectivity index (χ0v) is 10.6. The van der Waals surface area contributed by atoms with Gasteiger partial charge in [-0.1, -0.05) is 23.7 Å². The third-order valence-corrected chi connectivity index (χ3v) is 3.76. The van der Waals surface area contributed by atoms with E-state index < -0.39 is 0 Å². The maximum absolute atomic E-state index is 9.37. The Kier molecular flexibility index (Phi) is 4.40. The maximum Gasteiger partial charge on any atom is 0.0587 e. The van der Waals surface area contributed by atoms with Gasteiger partial charge in [-0.2, -0.15) is 0 Å². The molecule has 4 heteroatoms. The van der Waals surface area contributed by atoms with E-state index in [4.69, 9.17) is 17.3 Å². The number of hydrogen-bond acceptors (Lipinski definition) is 3. The van der Waals surface area contributed by atoms with Gasteiger partial charge in [0, 0.05) is 23.7 Å². The number of likely N-dealkylation sites (tertiary alicyclic amines) is 1. The summed E-state index contributed by atoms with van der Waals surface area (Å²) in [5.41, 5.74) is 7.06. The zero-order valence-electron chi connectivity index (χ0n) is 9.85. The molecule has 0 bridgehead atoms. The summed E-state index contributed by atoms with van der Waals surface area (Å²) in [7, 11) is 0. The Balaban J connectivity index is 2.18. The van der Waals surface area contributed by atoms with Crippen LogP contribution in [0, 0.1) is 0 Å². The smallest absolute Gasteiger partial charge is 0.0587 e. The molecule has 1 aromatic rings. The molecule has 17 heavy (non-hydrogen) atoms. The Morgan fingerprint density at radius 1 is 1.41 bits per heavy atom. The van der Waals surface area contributed by atoms with E-state index in [0.717, 1.165) is 24.4 Å². The summed E-state index contributed by atoms with van der Waals surface area (Å²) in [4.78, 5) is 2.31. The Bertz CT molecular complexity index is 355. The summed E-state index contributed by atoms with van der Waals surface area (Å²) >= 11 is 5.89. The fourth-order valence-corrected chi connectivity index (χ4v) is 2.74. The quantitative estimate of drug-likeness (QED) is 0.862. The summed E-state index contributed by atoms with van der Waals surface area (Å²) in [5, 5.41) is 10.1. The van der Waals surface area contributed by atoms with Crippen molar-refractivity contribution in [3.05, 3.63) is 34.9 Å². The van der Waals surface area contributed by atoms with Crippen LogP contribution < -0.4 is 5.73 Å². The highest BCUT2D eigenvalue weighted by Gasteiger charge is 2.30. The molecule has 1 saturated heterocycles. The Morgan fingerprint density at radius 2 is 2.12 bits per heavy atom. The molecule has 0 aliphatic carbocycles. The fourth-order valence-electron chi connectivity index (χ4n) is 2.61. The minimum Gasteiger partial charge on any atom is -0.395 e. The lowest BCUT2D eigenvalue weighted by atomic mass is 10.0. The number of nitrogens with zero attached hydrogens (tertiary/aromatic N) is 1. The van der Waals surface area contributed by atoms with Crippen LogP contribution >= 0.6 is 11.6 Å². The van der Waals surface area contributed by atoms with Crippen LogP contribution in [0.4, 0.5) is 0 Å². The third kappa shape index (κ3) is 2.80. The molecule has 2 rings (SSSR count). The lowest BCUT2D eigenvalue weighted by molar-refractivity contribution is 0.121.